The van der Waals surface area contributed by atoms with Gasteiger partial charge in [-0.1, -0.05) is 19.9 Å². The van der Waals surface area contributed by atoms with Crippen LogP contribution in [0.5, 0.6) is 0 Å². The highest BCUT2D eigenvalue weighted by atomic mass is 16.5. The Bertz CT molecular complexity index is 299. The second-order valence-electron chi connectivity index (χ2n) is 5.34. The third-order valence-electron chi connectivity index (χ3n) is 2.70. The van der Waals surface area contributed by atoms with Crippen LogP contribution in [0.3, 0.4) is 0 Å². The molecule has 2 N–H and O–H groups in total. The lowest BCUT2D eigenvalue weighted by Crippen LogP contribution is -2.11. The molecule has 0 spiro atoms. The number of rotatable bonds is 16. The average Bonchev–Trinajstić information content (AvgIpc) is 2.68. The first-order valence-electron chi connectivity index (χ1n) is 9.86. The third-order valence-corrected chi connectivity index (χ3v) is 2.70. The first-order valence-corrected chi connectivity index (χ1v) is 9.86. The van der Waals surface area contributed by atoms with Crippen LogP contribution in [0.25, 0.3) is 0 Å². The fraction of sp³-hybridized carbons (Fsp3) is 0.850. The molecule has 0 heterocycles. The largest absolute Gasteiger partial charge is 0.462 e. The molecule has 0 atom stereocenters. The van der Waals surface area contributed by atoms with Gasteiger partial charge in [-0.05, 0) is 27.2 Å². The smallest absolute Gasteiger partial charge is 0.333 e. The molecule has 0 fully saturated rings. The topological polar surface area (TPSA) is 104 Å². The van der Waals surface area contributed by atoms with Crippen LogP contribution in [-0.4, -0.2) is 88.9 Å². The normalized spacial score (nSPS) is 9.64. The van der Waals surface area contributed by atoms with Crippen molar-refractivity contribution in [2.75, 3.05) is 72.7 Å². The number of unbranched alkanes of at least 4 members (excludes halogenated alkanes) is 1. The highest BCUT2D eigenvalue weighted by molar-refractivity contribution is 5.86. The van der Waals surface area contributed by atoms with Crippen molar-refractivity contribution < 1.29 is 38.7 Å². The zero-order valence-electron chi connectivity index (χ0n) is 18.2. The van der Waals surface area contributed by atoms with Gasteiger partial charge in [0.05, 0.1) is 59.5 Å². The SMILES string of the molecule is C=C(C)C(=O)OCCCC.CCOCC.OCCOCCOCCOCCO. The molecule has 28 heavy (non-hydrogen) atoms. The van der Waals surface area contributed by atoms with Crippen molar-refractivity contribution in [2.24, 2.45) is 0 Å². The van der Waals surface area contributed by atoms with Crippen molar-refractivity contribution in [3.8, 4) is 0 Å². The van der Waals surface area contributed by atoms with Gasteiger partial charge in [0, 0.05) is 18.8 Å². The van der Waals surface area contributed by atoms with Crippen LogP contribution in [-0.2, 0) is 28.5 Å². The van der Waals surface area contributed by atoms with Gasteiger partial charge < -0.3 is 33.9 Å². The Hall–Kier alpha value is -1.03. The molecule has 0 aromatic heterocycles. The predicted molar refractivity (Wildman–Crippen MR) is 109 cm³/mol. The van der Waals surface area contributed by atoms with E-state index in [0.717, 1.165) is 26.1 Å². The van der Waals surface area contributed by atoms with E-state index in [1.165, 1.54) is 0 Å². The van der Waals surface area contributed by atoms with Crippen LogP contribution in [0, 0.1) is 0 Å². The minimum Gasteiger partial charge on any atom is -0.462 e. The lowest BCUT2D eigenvalue weighted by molar-refractivity contribution is -0.139. The van der Waals surface area contributed by atoms with Crippen LogP contribution < -0.4 is 0 Å². The molecule has 0 bridgehead atoms. The number of aliphatic hydroxyl groups excluding tert-OH is 2. The molecule has 0 aliphatic heterocycles. The van der Waals surface area contributed by atoms with E-state index in [9.17, 15) is 4.79 Å². The number of ether oxygens (including phenoxy) is 5. The summed E-state index contributed by atoms with van der Waals surface area (Å²) >= 11 is 0. The third kappa shape index (κ3) is 36.0. The number of hydrogen-bond donors (Lipinski definition) is 2. The number of carbonyl (C=O) groups excluding carboxylic acids is 1. The molecule has 170 valence electrons. The quantitative estimate of drug-likeness (QED) is 0.226. The molecule has 0 saturated heterocycles. The standard InChI is InChI=1S/C8H18O5.C8H14O2.C4H10O/c9-1-3-11-5-7-13-8-6-12-4-2-10;1-4-5-6-10-8(9)7(2)3;1-3-5-4-2/h9-10H,1-8H2;2,4-6H2,1,3H3;3-4H2,1-2H3. The molecule has 0 rings (SSSR count). The van der Waals surface area contributed by atoms with E-state index in [1.807, 2.05) is 13.8 Å². The van der Waals surface area contributed by atoms with Crippen molar-refractivity contribution in [3.05, 3.63) is 12.2 Å². The fourth-order valence-electron chi connectivity index (χ4n) is 1.31. The maximum atomic E-state index is 10.7. The fourth-order valence-corrected chi connectivity index (χ4v) is 1.31. The maximum Gasteiger partial charge on any atom is 0.333 e. The summed E-state index contributed by atoms with van der Waals surface area (Å²) in [7, 11) is 0. The van der Waals surface area contributed by atoms with Gasteiger partial charge in [-0.2, -0.15) is 0 Å². The molecule has 0 aliphatic carbocycles. The molecule has 0 aliphatic rings. The maximum absolute atomic E-state index is 10.7. The van der Waals surface area contributed by atoms with E-state index in [4.69, 9.17) is 33.9 Å². The van der Waals surface area contributed by atoms with Gasteiger partial charge in [-0.15, -0.1) is 0 Å². The molecule has 0 aromatic rings. The summed E-state index contributed by atoms with van der Waals surface area (Å²) in [5.74, 6) is -0.284. The van der Waals surface area contributed by atoms with Crippen LogP contribution >= 0.6 is 0 Å². The minimum atomic E-state index is -0.284. The van der Waals surface area contributed by atoms with Gasteiger partial charge in [-0.3, -0.25) is 0 Å². The lowest BCUT2D eigenvalue weighted by atomic mass is 10.3. The summed E-state index contributed by atoms with van der Waals surface area (Å²) in [5.41, 5.74) is 0.469. The van der Waals surface area contributed by atoms with Crippen LogP contribution in [0.2, 0.25) is 0 Å². The predicted octanol–water partition coefficient (Wildman–Crippen LogP) is 1.97. The zero-order valence-corrected chi connectivity index (χ0v) is 18.2. The van der Waals surface area contributed by atoms with Crippen LogP contribution in [0.4, 0.5) is 0 Å². The monoisotopic (exact) mass is 410 g/mol. The molecule has 0 saturated carbocycles. The van der Waals surface area contributed by atoms with Crippen molar-refractivity contribution in [1.82, 2.24) is 0 Å². The second kappa shape index (κ2) is 30.7. The first-order chi connectivity index (χ1) is 13.5. The number of aliphatic hydroxyl groups is 2. The second-order valence-corrected chi connectivity index (χ2v) is 5.34. The Morgan fingerprint density at radius 1 is 0.750 bits per heavy atom. The first kappa shape index (κ1) is 31.7. The molecule has 8 nitrogen and oxygen atoms in total. The number of carbonyl (C=O) groups is 1. The average molecular weight is 411 g/mol. The summed E-state index contributed by atoms with van der Waals surface area (Å²) in [6.45, 7) is 16.1. The van der Waals surface area contributed by atoms with E-state index in [1.54, 1.807) is 6.92 Å². The zero-order chi connectivity index (χ0) is 21.9. The molecular weight excluding hydrogens is 368 g/mol. The van der Waals surface area contributed by atoms with Crippen molar-refractivity contribution in [1.29, 1.82) is 0 Å². The van der Waals surface area contributed by atoms with Gasteiger partial charge in [-0.25, -0.2) is 4.79 Å². The van der Waals surface area contributed by atoms with Crippen molar-refractivity contribution in [3.63, 3.8) is 0 Å². The van der Waals surface area contributed by atoms with Crippen LogP contribution in [0.1, 0.15) is 40.5 Å². The number of esters is 1. The summed E-state index contributed by atoms with van der Waals surface area (Å²) in [6, 6.07) is 0. The van der Waals surface area contributed by atoms with Gasteiger partial charge in [0.2, 0.25) is 0 Å². The summed E-state index contributed by atoms with van der Waals surface area (Å²) in [5, 5.41) is 16.7. The Balaban J connectivity index is -0.000000368. The van der Waals surface area contributed by atoms with Crippen LogP contribution in [0.15, 0.2) is 12.2 Å². The minimum absolute atomic E-state index is 0.0413. The molecule has 0 unspecified atom stereocenters. The number of hydrogen-bond acceptors (Lipinski definition) is 8. The Morgan fingerprint density at radius 3 is 1.46 bits per heavy atom. The van der Waals surface area contributed by atoms with E-state index < -0.39 is 0 Å². The highest BCUT2D eigenvalue weighted by Crippen LogP contribution is 1.94. The van der Waals surface area contributed by atoms with E-state index >= 15 is 0 Å². The Morgan fingerprint density at radius 2 is 1.18 bits per heavy atom. The molecule has 0 aromatic carbocycles. The van der Waals surface area contributed by atoms with Gasteiger partial charge in [0.15, 0.2) is 0 Å². The summed E-state index contributed by atoms with van der Waals surface area (Å²) in [6.07, 6.45) is 1.97. The van der Waals surface area contributed by atoms with E-state index in [2.05, 4.69) is 13.5 Å². The van der Waals surface area contributed by atoms with Gasteiger partial charge in [0.25, 0.3) is 0 Å². The molecule has 0 radical (unpaired) electrons. The van der Waals surface area contributed by atoms with Crippen molar-refractivity contribution in [2.45, 2.75) is 40.5 Å². The van der Waals surface area contributed by atoms with Crippen molar-refractivity contribution >= 4 is 5.97 Å². The van der Waals surface area contributed by atoms with Gasteiger partial charge in [0.1, 0.15) is 0 Å². The highest BCUT2D eigenvalue weighted by Gasteiger charge is 2.00. The summed E-state index contributed by atoms with van der Waals surface area (Å²) in [4.78, 5) is 10.7. The Kier molecular flexibility index (Phi) is 34.7. The lowest BCUT2D eigenvalue weighted by Gasteiger charge is -2.04. The van der Waals surface area contributed by atoms with Gasteiger partial charge >= 0.3 is 5.97 Å². The van der Waals surface area contributed by atoms with E-state index in [-0.39, 0.29) is 19.2 Å². The Labute approximate surface area is 170 Å². The molecular formula is C20H42O8. The summed E-state index contributed by atoms with van der Waals surface area (Å²) < 4.78 is 24.7. The molecule has 0 amide bonds. The van der Waals surface area contributed by atoms with E-state index in [0.29, 0.717) is 51.8 Å². The molecule has 8 heteroatoms.